The Balaban J connectivity index is 2.51. The molecule has 6 nitrogen and oxygen atoms in total. The van der Waals surface area contributed by atoms with E-state index in [1.54, 1.807) is 13.0 Å². The van der Waals surface area contributed by atoms with Crippen molar-refractivity contribution in [3.8, 4) is 0 Å². The molecular weight excluding hydrogens is 392 g/mol. The molecule has 0 radical (unpaired) electrons. The molecule has 0 unspecified atom stereocenters. The molecule has 0 saturated heterocycles. The van der Waals surface area contributed by atoms with E-state index in [4.69, 9.17) is 0 Å². The first-order valence-electron chi connectivity index (χ1n) is 7.56. The van der Waals surface area contributed by atoms with Gasteiger partial charge in [0.1, 0.15) is 11.5 Å². The van der Waals surface area contributed by atoms with Crippen LogP contribution in [0, 0.1) is 15.9 Å². The van der Waals surface area contributed by atoms with E-state index in [9.17, 15) is 36.1 Å². The summed E-state index contributed by atoms with van der Waals surface area (Å²) in [5.41, 5.74) is -5.96. The molecule has 0 aromatic heterocycles. The van der Waals surface area contributed by atoms with E-state index in [2.05, 4.69) is 0 Å². The van der Waals surface area contributed by atoms with Crippen LogP contribution >= 0.6 is 0 Å². The van der Waals surface area contributed by atoms with Gasteiger partial charge in [-0.2, -0.15) is 13.2 Å². The van der Waals surface area contributed by atoms with Crippen molar-refractivity contribution in [2.45, 2.75) is 23.9 Å². The van der Waals surface area contributed by atoms with Gasteiger partial charge in [0.2, 0.25) is 0 Å². The number of rotatable bonds is 6. The summed E-state index contributed by atoms with van der Waals surface area (Å²) >= 11 is 0. The minimum atomic E-state index is -5.72. The highest BCUT2D eigenvalue weighted by atomic mass is 32.2. The van der Waals surface area contributed by atoms with E-state index in [1.807, 2.05) is 0 Å². The Bertz CT molecular complexity index is 961. The summed E-state index contributed by atoms with van der Waals surface area (Å²) in [7, 11) is -5.72. The highest BCUT2D eigenvalue weighted by Crippen LogP contribution is 2.36. The average molecular weight is 406 g/mol. The van der Waals surface area contributed by atoms with Crippen molar-refractivity contribution in [1.82, 2.24) is 0 Å². The quantitative estimate of drug-likeness (QED) is 0.411. The summed E-state index contributed by atoms with van der Waals surface area (Å²) in [5.74, 6) is -0.510. The molecule has 0 spiro atoms. The fraction of sp³-hybridized carbons (Fsp3) is 0.250. The van der Waals surface area contributed by atoms with Gasteiger partial charge in [-0.15, -0.1) is 0 Å². The number of benzene rings is 2. The van der Waals surface area contributed by atoms with E-state index < -0.39 is 36.7 Å². The van der Waals surface area contributed by atoms with E-state index in [0.29, 0.717) is 17.7 Å². The third-order valence-electron chi connectivity index (χ3n) is 3.74. The minimum Gasteiger partial charge on any atom is -0.362 e. The lowest BCUT2D eigenvalue weighted by Crippen LogP contribution is -2.25. The van der Waals surface area contributed by atoms with E-state index in [-0.39, 0.29) is 18.8 Å². The molecule has 0 N–H and O–H groups in total. The Morgan fingerprint density at radius 3 is 2.33 bits per heavy atom. The number of nitro benzene ring substituents is 1. The topological polar surface area (TPSA) is 80.5 Å². The van der Waals surface area contributed by atoms with Gasteiger partial charge in [0, 0.05) is 19.2 Å². The fourth-order valence-corrected chi connectivity index (χ4v) is 3.22. The molecule has 0 amide bonds. The van der Waals surface area contributed by atoms with Gasteiger partial charge in [-0.05, 0) is 36.8 Å². The molecule has 0 bridgehead atoms. The predicted octanol–water partition coefficient (Wildman–Crippen LogP) is 4.05. The first-order chi connectivity index (χ1) is 12.5. The lowest BCUT2D eigenvalue weighted by Gasteiger charge is -2.23. The van der Waals surface area contributed by atoms with Crippen molar-refractivity contribution in [1.29, 1.82) is 0 Å². The Morgan fingerprint density at radius 1 is 1.15 bits per heavy atom. The molecule has 2 aromatic rings. The van der Waals surface area contributed by atoms with Crippen molar-refractivity contribution >= 4 is 21.2 Å². The Labute approximate surface area is 152 Å². The van der Waals surface area contributed by atoms with Crippen LogP contribution in [0.2, 0.25) is 0 Å². The predicted molar refractivity (Wildman–Crippen MR) is 89.5 cm³/mol. The SMILES string of the molecule is CCN(Cc1cccc(F)c1)c1ccc(S(=O)(=O)C(F)(F)F)cc1[N+](=O)[O-]. The van der Waals surface area contributed by atoms with Crippen LogP contribution in [0.4, 0.5) is 28.9 Å². The number of hydrogen-bond acceptors (Lipinski definition) is 5. The van der Waals surface area contributed by atoms with Gasteiger partial charge in [0.15, 0.2) is 0 Å². The van der Waals surface area contributed by atoms with Gasteiger partial charge in [0.05, 0.1) is 9.82 Å². The largest absolute Gasteiger partial charge is 0.501 e. The molecule has 0 aliphatic carbocycles. The molecule has 0 saturated carbocycles. The van der Waals surface area contributed by atoms with Gasteiger partial charge < -0.3 is 4.90 Å². The second-order valence-corrected chi connectivity index (χ2v) is 7.44. The van der Waals surface area contributed by atoms with Gasteiger partial charge in [-0.1, -0.05) is 12.1 Å². The molecule has 0 aliphatic rings. The summed E-state index contributed by atoms with van der Waals surface area (Å²) in [5, 5.41) is 11.3. The Morgan fingerprint density at radius 2 is 1.81 bits per heavy atom. The average Bonchev–Trinajstić information content (AvgIpc) is 2.58. The molecule has 0 atom stereocenters. The summed E-state index contributed by atoms with van der Waals surface area (Å²) in [6.07, 6.45) is 0. The highest BCUT2D eigenvalue weighted by molar-refractivity contribution is 7.92. The molecular formula is C16H14F4N2O4S. The van der Waals surface area contributed by atoms with Crippen LogP contribution in [-0.4, -0.2) is 25.4 Å². The molecule has 2 aromatic carbocycles. The van der Waals surface area contributed by atoms with Crippen molar-refractivity contribution in [3.63, 3.8) is 0 Å². The van der Waals surface area contributed by atoms with Gasteiger partial charge in [0.25, 0.3) is 15.5 Å². The summed E-state index contributed by atoms with van der Waals surface area (Å²) in [6.45, 7) is 1.90. The molecule has 146 valence electrons. The molecule has 27 heavy (non-hydrogen) atoms. The first kappa shape index (κ1) is 20.6. The highest BCUT2D eigenvalue weighted by Gasteiger charge is 2.47. The zero-order valence-electron chi connectivity index (χ0n) is 13.9. The first-order valence-corrected chi connectivity index (χ1v) is 9.05. The third-order valence-corrected chi connectivity index (χ3v) is 5.23. The lowest BCUT2D eigenvalue weighted by atomic mass is 10.1. The Hall–Kier alpha value is -2.69. The molecule has 2 rings (SSSR count). The number of nitrogens with zero attached hydrogens (tertiary/aromatic N) is 2. The lowest BCUT2D eigenvalue weighted by molar-refractivity contribution is -0.384. The maximum Gasteiger partial charge on any atom is 0.501 e. The molecule has 0 heterocycles. The van der Waals surface area contributed by atoms with E-state index >= 15 is 0 Å². The van der Waals surface area contributed by atoms with Crippen molar-refractivity contribution in [2.24, 2.45) is 0 Å². The van der Waals surface area contributed by atoms with Crippen molar-refractivity contribution in [2.75, 3.05) is 11.4 Å². The maximum atomic E-state index is 13.3. The van der Waals surface area contributed by atoms with Crippen LogP contribution in [0.15, 0.2) is 47.4 Å². The van der Waals surface area contributed by atoms with Crippen molar-refractivity contribution < 1.29 is 30.9 Å². The summed E-state index contributed by atoms with van der Waals surface area (Å²) in [6, 6.07) is 7.47. The Kier molecular flexibility index (Phi) is 5.73. The van der Waals surface area contributed by atoms with Crippen molar-refractivity contribution in [3.05, 3.63) is 64.0 Å². The van der Waals surface area contributed by atoms with Crippen LogP contribution in [0.3, 0.4) is 0 Å². The van der Waals surface area contributed by atoms with Crippen LogP contribution in [-0.2, 0) is 16.4 Å². The second kappa shape index (κ2) is 7.51. The number of nitro groups is 1. The number of hydrogen-bond donors (Lipinski definition) is 0. The summed E-state index contributed by atoms with van der Waals surface area (Å²) in [4.78, 5) is 10.6. The second-order valence-electron chi connectivity index (χ2n) is 5.50. The number of sulfone groups is 1. The van der Waals surface area contributed by atoms with Crippen LogP contribution < -0.4 is 4.90 Å². The van der Waals surface area contributed by atoms with E-state index in [0.717, 1.165) is 6.07 Å². The van der Waals surface area contributed by atoms with Crippen LogP contribution in [0.25, 0.3) is 0 Å². The van der Waals surface area contributed by atoms with Gasteiger partial charge in [-0.25, -0.2) is 12.8 Å². The van der Waals surface area contributed by atoms with E-state index in [1.165, 1.54) is 23.1 Å². The molecule has 11 heteroatoms. The third kappa shape index (κ3) is 4.35. The zero-order valence-corrected chi connectivity index (χ0v) is 14.7. The number of alkyl halides is 3. The molecule has 0 fully saturated rings. The monoisotopic (exact) mass is 406 g/mol. The number of anilines is 1. The van der Waals surface area contributed by atoms with Crippen LogP contribution in [0.5, 0.6) is 0 Å². The molecule has 0 aliphatic heterocycles. The van der Waals surface area contributed by atoms with Gasteiger partial charge in [-0.3, -0.25) is 10.1 Å². The minimum absolute atomic E-state index is 0.0421. The normalized spacial score (nSPS) is 12.0. The number of halogens is 4. The summed E-state index contributed by atoms with van der Waals surface area (Å²) < 4.78 is 74.4. The zero-order chi connectivity index (χ0) is 20.4. The maximum absolute atomic E-state index is 13.3. The van der Waals surface area contributed by atoms with Crippen LogP contribution in [0.1, 0.15) is 12.5 Å². The standard InChI is InChI=1S/C16H14F4N2O4S/c1-2-21(10-11-4-3-5-12(17)8-11)14-7-6-13(9-15(14)22(23)24)27(25,26)16(18,19)20/h3-9H,2,10H2,1H3. The smallest absolute Gasteiger partial charge is 0.362 e. The van der Waals surface area contributed by atoms with Gasteiger partial charge >= 0.3 is 5.51 Å². The fourth-order valence-electron chi connectivity index (χ4n) is 2.44.